The molecule has 0 bridgehead atoms. The first-order chi connectivity index (χ1) is 8.85. The van der Waals surface area contributed by atoms with Crippen molar-refractivity contribution in [3.8, 4) is 0 Å². The van der Waals surface area contributed by atoms with E-state index in [4.69, 9.17) is 11.5 Å². The van der Waals surface area contributed by atoms with E-state index in [1.165, 1.54) is 17.8 Å². The second-order valence-corrected chi connectivity index (χ2v) is 5.76. The summed E-state index contributed by atoms with van der Waals surface area (Å²) in [5, 5.41) is 0.552. The van der Waals surface area contributed by atoms with Gasteiger partial charge in [0.05, 0.1) is 5.54 Å². The van der Waals surface area contributed by atoms with E-state index in [0.29, 0.717) is 17.3 Å². The topological polar surface area (TPSA) is 115 Å². The Balaban J connectivity index is 2.63. The second kappa shape index (κ2) is 6.72. The fraction of sp³-hybridized carbons (Fsp3) is 0.583. The smallest absolute Gasteiger partial charge is 0.251 e. The van der Waals surface area contributed by atoms with Gasteiger partial charge in [0, 0.05) is 17.5 Å². The van der Waals surface area contributed by atoms with Crippen LogP contribution in [0.1, 0.15) is 32.4 Å². The molecule has 0 aliphatic rings. The molecule has 6 nitrogen and oxygen atoms in total. The number of nitrogens with zero attached hydrogens (tertiary/aromatic N) is 1. The van der Waals surface area contributed by atoms with E-state index in [-0.39, 0.29) is 5.56 Å². The van der Waals surface area contributed by atoms with Gasteiger partial charge in [-0.2, -0.15) is 0 Å². The number of carbonyl (C=O) groups is 1. The average Bonchev–Trinajstić information content (AvgIpc) is 2.28. The lowest BCUT2D eigenvalue weighted by Crippen LogP contribution is -2.49. The minimum absolute atomic E-state index is 0.161. The van der Waals surface area contributed by atoms with Crippen LogP contribution in [-0.2, 0) is 11.2 Å². The molecule has 0 radical (unpaired) electrons. The number of rotatable bonds is 7. The predicted octanol–water partition coefficient (Wildman–Crippen LogP) is 0.407. The Labute approximate surface area is 116 Å². The zero-order valence-corrected chi connectivity index (χ0v) is 12.0. The lowest BCUT2D eigenvalue weighted by molar-refractivity contribution is -0.122. The summed E-state index contributed by atoms with van der Waals surface area (Å²) in [5.41, 5.74) is 10.5. The molecule has 0 saturated carbocycles. The van der Waals surface area contributed by atoms with Crippen molar-refractivity contribution in [3.05, 3.63) is 22.1 Å². The highest BCUT2D eigenvalue weighted by Crippen LogP contribution is 2.17. The maximum atomic E-state index is 11.4. The summed E-state index contributed by atoms with van der Waals surface area (Å²) in [4.78, 5) is 29.5. The van der Waals surface area contributed by atoms with Gasteiger partial charge in [-0.3, -0.25) is 9.59 Å². The van der Waals surface area contributed by atoms with E-state index in [9.17, 15) is 9.59 Å². The number of amides is 1. The van der Waals surface area contributed by atoms with Gasteiger partial charge in [-0.05, 0) is 19.8 Å². The van der Waals surface area contributed by atoms with Crippen molar-refractivity contribution < 1.29 is 4.79 Å². The maximum absolute atomic E-state index is 11.4. The number of nitrogens with one attached hydrogen (secondary N) is 1. The summed E-state index contributed by atoms with van der Waals surface area (Å²) < 4.78 is 0. The minimum atomic E-state index is -1.03. The monoisotopic (exact) mass is 284 g/mol. The lowest BCUT2D eigenvalue weighted by atomic mass is 10.0. The average molecular weight is 284 g/mol. The van der Waals surface area contributed by atoms with Gasteiger partial charge in [0.1, 0.15) is 0 Å². The number of thioether (sulfide) groups is 1. The molecule has 0 fully saturated rings. The first-order valence-corrected chi connectivity index (χ1v) is 7.15. The Morgan fingerprint density at radius 1 is 1.58 bits per heavy atom. The van der Waals surface area contributed by atoms with Crippen LogP contribution in [0.3, 0.4) is 0 Å². The number of nitrogens with two attached hydrogens (primary N) is 2. The molecular formula is C12H20N4O2S. The van der Waals surface area contributed by atoms with Crippen LogP contribution in [0.15, 0.2) is 16.0 Å². The third-order valence-electron chi connectivity index (χ3n) is 2.70. The zero-order valence-electron chi connectivity index (χ0n) is 11.2. The molecule has 7 heteroatoms. The summed E-state index contributed by atoms with van der Waals surface area (Å²) in [6, 6.07) is 1.50. The van der Waals surface area contributed by atoms with Crippen LogP contribution in [0.25, 0.3) is 0 Å². The number of aryl methyl sites for hydroxylation is 1. The Bertz CT molecular complexity index is 499. The Morgan fingerprint density at radius 2 is 2.26 bits per heavy atom. The van der Waals surface area contributed by atoms with Crippen molar-refractivity contribution in [1.82, 2.24) is 9.97 Å². The summed E-state index contributed by atoms with van der Waals surface area (Å²) in [6.07, 6.45) is 2.13. The van der Waals surface area contributed by atoms with Crippen molar-refractivity contribution in [2.75, 3.05) is 5.75 Å². The van der Waals surface area contributed by atoms with E-state index < -0.39 is 11.4 Å². The van der Waals surface area contributed by atoms with Crippen molar-refractivity contribution in [2.24, 2.45) is 11.5 Å². The number of hydrogen-bond acceptors (Lipinski definition) is 5. The summed E-state index contributed by atoms with van der Waals surface area (Å²) in [6.45, 7) is 3.63. The van der Waals surface area contributed by atoms with E-state index in [0.717, 1.165) is 18.5 Å². The Hall–Kier alpha value is -1.34. The number of H-pyrrole nitrogens is 1. The highest BCUT2D eigenvalue weighted by atomic mass is 32.2. The lowest BCUT2D eigenvalue weighted by Gasteiger charge is -2.19. The molecule has 0 aliphatic carbocycles. The van der Waals surface area contributed by atoms with Gasteiger partial charge in [0.25, 0.3) is 5.56 Å². The summed E-state index contributed by atoms with van der Waals surface area (Å²) in [5.74, 6) is 0.0309. The first kappa shape index (κ1) is 15.7. The summed E-state index contributed by atoms with van der Waals surface area (Å²) in [7, 11) is 0. The second-order valence-electron chi connectivity index (χ2n) is 4.67. The quantitative estimate of drug-likeness (QED) is 0.495. The van der Waals surface area contributed by atoms with E-state index in [1.807, 2.05) is 6.92 Å². The van der Waals surface area contributed by atoms with Crippen LogP contribution in [0.5, 0.6) is 0 Å². The molecule has 19 heavy (non-hydrogen) atoms. The van der Waals surface area contributed by atoms with Crippen molar-refractivity contribution in [3.63, 3.8) is 0 Å². The van der Waals surface area contributed by atoms with Crippen LogP contribution in [-0.4, -0.2) is 27.2 Å². The molecule has 5 N–H and O–H groups in total. The highest BCUT2D eigenvalue weighted by molar-refractivity contribution is 7.99. The predicted molar refractivity (Wildman–Crippen MR) is 76.0 cm³/mol. The standard InChI is InChI=1S/C12H20N4O2S/c1-3-4-8-7-9(17)16-11(15-8)19-6-5-12(2,14)10(13)18/h7H,3-6,14H2,1-2H3,(H2,13,18)(H,15,16,17). The third kappa shape index (κ3) is 5.04. The van der Waals surface area contributed by atoms with Gasteiger partial charge in [0.2, 0.25) is 5.91 Å². The van der Waals surface area contributed by atoms with Crippen LogP contribution in [0.2, 0.25) is 0 Å². The Morgan fingerprint density at radius 3 is 2.84 bits per heavy atom. The number of aromatic amines is 1. The van der Waals surface area contributed by atoms with E-state index in [1.54, 1.807) is 6.92 Å². The first-order valence-electron chi connectivity index (χ1n) is 6.17. The van der Waals surface area contributed by atoms with Gasteiger partial charge in [-0.15, -0.1) is 0 Å². The maximum Gasteiger partial charge on any atom is 0.251 e. The number of primary amides is 1. The normalized spacial score (nSPS) is 14.1. The molecule has 0 saturated heterocycles. The molecule has 1 aromatic heterocycles. The fourth-order valence-corrected chi connectivity index (χ4v) is 2.49. The van der Waals surface area contributed by atoms with Crippen molar-refractivity contribution in [2.45, 2.75) is 43.8 Å². The summed E-state index contributed by atoms with van der Waals surface area (Å²) >= 11 is 1.36. The van der Waals surface area contributed by atoms with Crippen LogP contribution in [0.4, 0.5) is 0 Å². The largest absolute Gasteiger partial charge is 0.368 e. The molecule has 1 heterocycles. The van der Waals surface area contributed by atoms with Gasteiger partial charge in [0.15, 0.2) is 5.16 Å². The van der Waals surface area contributed by atoms with E-state index in [2.05, 4.69) is 9.97 Å². The number of hydrogen-bond donors (Lipinski definition) is 3. The molecule has 1 atom stereocenters. The zero-order chi connectivity index (χ0) is 14.5. The molecule has 0 aromatic carbocycles. The van der Waals surface area contributed by atoms with Crippen molar-refractivity contribution in [1.29, 1.82) is 0 Å². The van der Waals surface area contributed by atoms with Crippen LogP contribution in [0, 0.1) is 0 Å². The molecular weight excluding hydrogens is 264 g/mol. The molecule has 1 rings (SSSR count). The molecule has 1 amide bonds. The van der Waals surface area contributed by atoms with Gasteiger partial charge >= 0.3 is 0 Å². The third-order valence-corrected chi connectivity index (χ3v) is 3.58. The molecule has 0 spiro atoms. The molecule has 0 aliphatic heterocycles. The minimum Gasteiger partial charge on any atom is -0.368 e. The molecule has 1 unspecified atom stereocenters. The van der Waals surface area contributed by atoms with Crippen LogP contribution < -0.4 is 17.0 Å². The van der Waals surface area contributed by atoms with Gasteiger partial charge in [-0.1, -0.05) is 25.1 Å². The van der Waals surface area contributed by atoms with E-state index >= 15 is 0 Å². The number of aromatic nitrogens is 2. The fourth-order valence-electron chi connectivity index (χ4n) is 1.42. The highest BCUT2D eigenvalue weighted by Gasteiger charge is 2.25. The van der Waals surface area contributed by atoms with Gasteiger partial charge < -0.3 is 16.5 Å². The molecule has 1 aromatic rings. The SMILES string of the molecule is CCCc1cc(=O)[nH]c(SCCC(C)(N)C(N)=O)n1. The Kier molecular flexibility index (Phi) is 5.56. The van der Waals surface area contributed by atoms with Crippen molar-refractivity contribution >= 4 is 17.7 Å². The molecule has 106 valence electrons. The number of carbonyl (C=O) groups excluding carboxylic acids is 1. The van der Waals surface area contributed by atoms with Crippen LogP contribution >= 0.6 is 11.8 Å². The van der Waals surface area contributed by atoms with Gasteiger partial charge in [-0.25, -0.2) is 4.98 Å².